The number of nitrogens with one attached hydrogen (secondary N) is 1. The molecule has 0 spiro atoms. The Morgan fingerprint density at radius 3 is 2.76 bits per heavy atom. The molecule has 1 aliphatic rings. The summed E-state index contributed by atoms with van der Waals surface area (Å²) in [6.07, 6.45) is 5.23. The summed E-state index contributed by atoms with van der Waals surface area (Å²) in [6.45, 7) is 2.20. The number of carbonyl (C=O) groups is 1. The zero-order valence-electron chi connectivity index (χ0n) is 18.4. The summed E-state index contributed by atoms with van der Waals surface area (Å²) in [6, 6.07) is 19.5. The van der Waals surface area contributed by atoms with Crippen molar-refractivity contribution in [1.29, 1.82) is 0 Å². The van der Waals surface area contributed by atoms with Crippen LogP contribution in [-0.4, -0.2) is 28.5 Å². The average Bonchev–Trinajstić information content (AvgIpc) is 3.58. The third kappa shape index (κ3) is 4.77. The Kier molecular flexibility index (Phi) is 5.85. The highest BCUT2D eigenvalue weighted by Gasteiger charge is 2.19. The number of carbonyl (C=O) groups excluding carboxylic acids is 1. The molecule has 1 amide bonds. The monoisotopic (exact) mass is 443 g/mol. The van der Waals surface area contributed by atoms with E-state index in [1.807, 2.05) is 78.5 Å². The fourth-order valence-corrected chi connectivity index (χ4v) is 3.97. The maximum Gasteiger partial charge on any atom is 0.231 e. The predicted molar refractivity (Wildman–Crippen MR) is 123 cm³/mol. The third-order valence-electron chi connectivity index (χ3n) is 5.57. The fourth-order valence-electron chi connectivity index (χ4n) is 3.97. The number of aryl methyl sites for hydroxylation is 1. The summed E-state index contributed by atoms with van der Waals surface area (Å²) in [4.78, 5) is 12.6. The first-order valence-electron chi connectivity index (χ1n) is 11.0. The molecule has 0 saturated carbocycles. The number of furan rings is 1. The fraction of sp³-hybridized carbons (Fsp3) is 0.231. The molecule has 0 radical (unpaired) electrons. The van der Waals surface area contributed by atoms with Gasteiger partial charge in [0, 0.05) is 30.6 Å². The van der Waals surface area contributed by atoms with Gasteiger partial charge in [-0.15, -0.1) is 0 Å². The first-order valence-corrected chi connectivity index (χ1v) is 11.0. The molecule has 5 rings (SSSR count). The van der Waals surface area contributed by atoms with Crippen molar-refractivity contribution in [3.63, 3.8) is 0 Å². The van der Waals surface area contributed by atoms with Gasteiger partial charge >= 0.3 is 0 Å². The van der Waals surface area contributed by atoms with Crippen LogP contribution in [0.1, 0.15) is 24.7 Å². The molecular weight excluding hydrogens is 418 g/mol. The van der Waals surface area contributed by atoms with Crippen LogP contribution in [0.5, 0.6) is 11.5 Å². The van der Waals surface area contributed by atoms with E-state index >= 15 is 0 Å². The van der Waals surface area contributed by atoms with Crippen molar-refractivity contribution in [2.45, 2.75) is 32.2 Å². The van der Waals surface area contributed by atoms with Gasteiger partial charge < -0.3 is 19.2 Å². The SMILES string of the molecule is C[C@@H](Cc1ccco1)NC(=O)CCc1cn(-c2ccccc2)nc1-c1ccc2c(c1)OCO2. The van der Waals surface area contributed by atoms with Gasteiger partial charge in [-0.25, -0.2) is 4.68 Å². The Morgan fingerprint density at radius 2 is 1.94 bits per heavy atom. The number of rotatable bonds is 8. The molecule has 0 aliphatic carbocycles. The summed E-state index contributed by atoms with van der Waals surface area (Å²) < 4.78 is 18.2. The highest BCUT2D eigenvalue weighted by atomic mass is 16.7. The molecule has 3 heterocycles. The summed E-state index contributed by atoms with van der Waals surface area (Å²) in [7, 11) is 0. The minimum atomic E-state index is -0.0102. The van der Waals surface area contributed by atoms with Gasteiger partial charge in [0.1, 0.15) is 5.76 Å². The van der Waals surface area contributed by atoms with Crippen LogP contribution >= 0.6 is 0 Å². The summed E-state index contributed by atoms with van der Waals surface area (Å²) in [5.74, 6) is 2.29. The van der Waals surface area contributed by atoms with Crippen molar-refractivity contribution in [2.24, 2.45) is 0 Å². The van der Waals surface area contributed by atoms with Gasteiger partial charge in [-0.2, -0.15) is 5.10 Å². The molecule has 2 aromatic heterocycles. The van der Waals surface area contributed by atoms with Gasteiger partial charge in [-0.1, -0.05) is 18.2 Å². The van der Waals surface area contributed by atoms with Gasteiger partial charge in [-0.3, -0.25) is 4.79 Å². The lowest BCUT2D eigenvalue weighted by molar-refractivity contribution is -0.121. The lowest BCUT2D eigenvalue weighted by Crippen LogP contribution is -2.34. The normalized spacial score (nSPS) is 13.1. The molecule has 0 fully saturated rings. The lowest BCUT2D eigenvalue weighted by Gasteiger charge is -2.12. The van der Waals surface area contributed by atoms with Gasteiger partial charge in [0.05, 0.1) is 17.6 Å². The molecule has 0 bridgehead atoms. The molecule has 33 heavy (non-hydrogen) atoms. The number of hydrogen-bond donors (Lipinski definition) is 1. The van der Waals surface area contributed by atoms with Gasteiger partial charge in [0.15, 0.2) is 11.5 Å². The number of hydrogen-bond acceptors (Lipinski definition) is 5. The molecule has 0 unspecified atom stereocenters. The van der Waals surface area contributed by atoms with Crippen LogP contribution in [0.4, 0.5) is 0 Å². The molecule has 1 atom stereocenters. The Balaban J connectivity index is 1.34. The van der Waals surface area contributed by atoms with E-state index < -0.39 is 0 Å². The molecular formula is C26H25N3O4. The van der Waals surface area contributed by atoms with Crippen molar-refractivity contribution in [3.05, 3.63) is 84.4 Å². The first kappa shape index (κ1) is 20.9. The second-order valence-corrected chi connectivity index (χ2v) is 8.10. The Morgan fingerprint density at radius 1 is 1.09 bits per heavy atom. The van der Waals surface area contributed by atoms with Crippen molar-refractivity contribution in [2.75, 3.05) is 6.79 Å². The maximum atomic E-state index is 12.6. The Bertz CT molecular complexity index is 1230. The standard InChI is InChI=1S/C26H25N3O4/c1-18(14-22-8-5-13-31-22)27-25(30)12-10-20-16-29(21-6-3-2-4-7-21)28-26(20)19-9-11-23-24(15-19)33-17-32-23/h2-9,11,13,15-16,18H,10,12,14,17H2,1H3,(H,27,30)/t18-/m0/s1. The minimum absolute atomic E-state index is 0.00171. The summed E-state index contributed by atoms with van der Waals surface area (Å²) >= 11 is 0. The van der Waals surface area contributed by atoms with Crippen molar-refractivity contribution in [1.82, 2.24) is 15.1 Å². The first-order chi connectivity index (χ1) is 16.2. The van der Waals surface area contributed by atoms with Crippen LogP contribution in [0.15, 0.2) is 77.5 Å². The smallest absolute Gasteiger partial charge is 0.231 e. The van der Waals surface area contributed by atoms with Gasteiger partial charge in [0.2, 0.25) is 12.7 Å². The largest absolute Gasteiger partial charge is 0.469 e. The zero-order chi connectivity index (χ0) is 22.6. The van der Waals surface area contributed by atoms with Crippen LogP contribution in [0.3, 0.4) is 0 Å². The summed E-state index contributed by atoms with van der Waals surface area (Å²) in [5.41, 5.74) is 3.71. The van der Waals surface area contributed by atoms with Gasteiger partial charge in [-0.05, 0) is 61.4 Å². The number of nitrogens with zero attached hydrogens (tertiary/aromatic N) is 2. The van der Waals surface area contributed by atoms with E-state index in [9.17, 15) is 4.79 Å². The van der Waals surface area contributed by atoms with Crippen LogP contribution in [-0.2, 0) is 17.6 Å². The van der Waals surface area contributed by atoms with Crippen LogP contribution < -0.4 is 14.8 Å². The Labute approximate surface area is 191 Å². The highest BCUT2D eigenvalue weighted by molar-refractivity contribution is 5.77. The van der Waals surface area contributed by atoms with Gasteiger partial charge in [0.25, 0.3) is 0 Å². The lowest BCUT2D eigenvalue weighted by atomic mass is 10.0. The number of para-hydroxylation sites is 1. The zero-order valence-corrected chi connectivity index (χ0v) is 18.4. The Hall–Kier alpha value is -4.00. The van der Waals surface area contributed by atoms with Crippen LogP contribution in [0.25, 0.3) is 16.9 Å². The third-order valence-corrected chi connectivity index (χ3v) is 5.57. The minimum Gasteiger partial charge on any atom is -0.469 e. The number of aromatic nitrogens is 2. The second-order valence-electron chi connectivity index (χ2n) is 8.10. The predicted octanol–water partition coefficient (Wildman–Crippen LogP) is 4.54. The molecule has 1 aliphatic heterocycles. The number of benzene rings is 2. The van der Waals surface area contributed by atoms with E-state index in [2.05, 4.69) is 5.32 Å². The molecule has 4 aromatic rings. The van der Waals surface area contributed by atoms with E-state index in [1.54, 1.807) is 6.26 Å². The number of amides is 1. The molecule has 1 N–H and O–H groups in total. The van der Waals surface area contributed by atoms with E-state index in [0.29, 0.717) is 25.0 Å². The number of ether oxygens (including phenoxy) is 2. The molecule has 168 valence electrons. The maximum absolute atomic E-state index is 12.6. The molecule has 2 aromatic carbocycles. The molecule has 7 heteroatoms. The van der Waals surface area contributed by atoms with E-state index in [1.165, 1.54) is 0 Å². The average molecular weight is 444 g/mol. The summed E-state index contributed by atoms with van der Waals surface area (Å²) in [5, 5.41) is 7.90. The van der Waals surface area contributed by atoms with E-state index in [4.69, 9.17) is 19.0 Å². The number of fused-ring (bicyclic) bond motifs is 1. The van der Waals surface area contributed by atoms with E-state index in [0.717, 1.165) is 34.0 Å². The molecule has 7 nitrogen and oxygen atoms in total. The second kappa shape index (κ2) is 9.24. The van der Waals surface area contributed by atoms with Crippen LogP contribution in [0, 0.1) is 0 Å². The quantitative estimate of drug-likeness (QED) is 0.433. The van der Waals surface area contributed by atoms with E-state index in [-0.39, 0.29) is 18.7 Å². The topological polar surface area (TPSA) is 78.5 Å². The van der Waals surface area contributed by atoms with Crippen molar-refractivity contribution in [3.8, 4) is 28.4 Å². The van der Waals surface area contributed by atoms with Crippen molar-refractivity contribution >= 4 is 5.91 Å². The van der Waals surface area contributed by atoms with Crippen molar-refractivity contribution < 1.29 is 18.7 Å². The van der Waals surface area contributed by atoms with Crippen LogP contribution in [0.2, 0.25) is 0 Å². The molecule has 0 saturated heterocycles. The highest BCUT2D eigenvalue weighted by Crippen LogP contribution is 2.36.